The average Bonchev–Trinajstić information content (AvgIpc) is 2.33. The summed E-state index contributed by atoms with van der Waals surface area (Å²) in [4.78, 5) is 0. The molecule has 0 saturated heterocycles. The van der Waals surface area contributed by atoms with E-state index in [2.05, 4.69) is 0 Å². The molecule has 2 aromatic rings. The van der Waals surface area contributed by atoms with Gasteiger partial charge in [0.25, 0.3) is 0 Å². The van der Waals surface area contributed by atoms with Crippen molar-refractivity contribution in [3.8, 4) is 5.88 Å². The molecule has 62 valence electrons. The second-order valence-electron chi connectivity index (χ2n) is 3.01. The quantitative estimate of drug-likeness (QED) is 0.574. The Hall–Kier alpha value is -1.44. The van der Waals surface area contributed by atoms with Gasteiger partial charge in [0.15, 0.2) is 0 Å². The Balaban J connectivity index is 2.99. The third-order valence-corrected chi connectivity index (χ3v) is 2.29. The number of fused-ring (bicyclic) bond motifs is 1. The predicted molar refractivity (Wildman–Crippen MR) is 47.1 cm³/mol. The lowest BCUT2D eigenvalue weighted by Crippen LogP contribution is -1.98. The molecule has 2 rings (SSSR count). The Labute approximate surface area is 71.1 Å². The van der Waals surface area contributed by atoms with Crippen LogP contribution >= 0.6 is 0 Å². The summed E-state index contributed by atoms with van der Waals surface area (Å²) in [6.07, 6.45) is 0. The van der Waals surface area contributed by atoms with E-state index in [-0.39, 0.29) is 5.88 Å². The van der Waals surface area contributed by atoms with Gasteiger partial charge in [-0.1, -0.05) is 18.2 Å². The van der Waals surface area contributed by atoms with Gasteiger partial charge in [-0.3, -0.25) is 0 Å². The van der Waals surface area contributed by atoms with Gasteiger partial charge in [0.2, 0.25) is 0 Å². The van der Waals surface area contributed by atoms with Crippen molar-refractivity contribution in [3.05, 3.63) is 29.8 Å². The maximum absolute atomic E-state index is 11.5. The molecule has 0 N–H and O–H groups in total. The molecule has 0 aliphatic carbocycles. The summed E-state index contributed by atoms with van der Waals surface area (Å²) >= 11 is 0. The molecule has 1 heterocycles. The Morgan fingerprint density at radius 1 is 1.25 bits per heavy atom. The smallest absolute Gasteiger partial charge is 0.0475 e. The monoisotopic (exact) mass is 160 g/mol. The van der Waals surface area contributed by atoms with Gasteiger partial charge in [-0.05, 0) is 24.4 Å². The summed E-state index contributed by atoms with van der Waals surface area (Å²) in [5, 5.41) is 12.5. The number of hydrogen-bond acceptors (Lipinski definition) is 1. The zero-order valence-electron chi connectivity index (χ0n) is 7.16. The maximum atomic E-state index is 11.5. The van der Waals surface area contributed by atoms with Crippen molar-refractivity contribution in [1.82, 2.24) is 4.57 Å². The molecule has 0 amide bonds. The van der Waals surface area contributed by atoms with E-state index in [1.54, 1.807) is 11.6 Å². The number of hydrogen-bond donors (Lipinski definition) is 0. The van der Waals surface area contributed by atoms with E-state index < -0.39 is 0 Å². The first kappa shape index (κ1) is 7.22. The number of para-hydroxylation sites is 1. The summed E-state index contributed by atoms with van der Waals surface area (Å²) in [5.41, 5.74) is 1.85. The van der Waals surface area contributed by atoms with Gasteiger partial charge in [0.05, 0.1) is 0 Å². The molecule has 0 saturated carbocycles. The lowest BCUT2D eigenvalue weighted by atomic mass is 10.2. The van der Waals surface area contributed by atoms with Gasteiger partial charge in [0.1, 0.15) is 0 Å². The van der Waals surface area contributed by atoms with Gasteiger partial charge >= 0.3 is 0 Å². The summed E-state index contributed by atoms with van der Waals surface area (Å²) in [5.74, 6) is 0.108. The molecule has 0 aliphatic rings. The first-order valence-electron chi connectivity index (χ1n) is 3.93. The standard InChI is InChI=1S/C10H11NO/c1-7-8-5-3-4-6-9(8)11(2)10(7)12/h3-6,12H,1-2H3/p-1. The van der Waals surface area contributed by atoms with Crippen molar-refractivity contribution in [2.24, 2.45) is 7.05 Å². The fourth-order valence-corrected chi connectivity index (χ4v) is 1.56. The molecule has 0 radical (unpaired) electrons. The Morgan fingerprint density at radius 2 is 1.92 bits per heavy atom. The minimum atomic E-state index is 0.108. The Morgan fingerprint density at radius 3 is 2.58 bits per heavy atom. The van der Waals surface area contributed by atoms with Crippen LogP contribution in [0.2, 0.25) is 0 Å². The number of aromatic nitrogens is 1. The van der Waals surface area contributed by atoms with Crippen LogP contribution in [0.25, 0.3) is 10.9 Å². The Kier molecular flexibility index (Phi) is 1.37. The summed E-state index contributed by atoms with van der Waals surface area (Å²) < 4.78 is 1.69. The maximum Gasteiger partial charge on any atom is 0.0475 e. The van der Waals surface area contributed by atoms with E-state index in [1.165, 1.54) is 0 Å². The van der Waals surface area contributed by atoms with Crippen LogP contribution in [0.15, 0.2) is 24.3 Å². The number of nitrogens with zero attached hydrogens (tertiary/aromatic N) is 1. The molecule has 2 nitrogen and oxygen atoms in total. The van der Waals surface area contributed by atoms with Crippen molar-refractivity contribution in [2.45, 2.75) is 6.92 Å². The molecule has 1 aromatic carbocycles. The van der Waals surface area contributed by atoms with Crippen LogP contribution in [0.3, 0.4) is 0 Å². The first-order chi connectivity index (χ1) is 5.72. The van der Waals surface area contributed by atoms with Gasteiger partial charge < -0.3 is 9.67 Å². The molecular weight excluding hydrogens is 150 g/mol. The first-order valence-corrected chi connectivity index (χ1v) is 3.93. The molecule has 0 fully saturated rings. The molecule has 12 heavy (non-hydrogen) atoms. The predicted octanol–water partition coefficient (Wildman–Crippen LogP) is 1.56. The highest BCUT2D eigenvalue weighted by atomic mass is 16.3. The molecule has 0 bridgehead atoms. The summed E-state index contributed by atoms with van der Waals surface area (Å²) in [7, 11) is 1.80. The van der Waals surface area contributed by atoms with E-state index in [0.717, 1.165) is 16.5 Å². The topological polar surface area (TPSA) is 28.0 Å². The summed E-state index contributed by atoms with van der Waals surface area (Å²) in [6.45, 7) is 1.87. The van der Waals surface area contributed by atoms with Crippen molar-refractivity contribution >= 4 is 10.9 Å². The van der Waals surface area contributed by atoms with E-state index in [9.17, 15) is 5.11 Å². The zero-order chi connectivity index (χ0) is 8.72. The lowest BCUT2D eigenvalue weighted by molar-refractivity contribution is -0.278. The van der Waals surface area contributed by atoms with E-state index >= 15 is 0 Å². The van der Waals surface area contributed by atoms with Crippen LogP contribution in [-0.4, -0.2) is 4.57 Å². The van der Waals surface area contributed by atoms with Gasteiger partial charge in [-0.2, -0.15) is 0 Å². The lowest BCUT2D eigenvalue weighted by Gasteiger charge is -2.07. The van der Waals surface area contributed by atoms with Crippen LogP contribution < -0.4 is 5.11 Å². The van der Waals surface area contributed by atoms with E-state index in [1.807, 2.05) is 31.2 Å². The van der Waals surface area contributed by atoms with Crippen LogP contribution in [0.5, 0.6) is 5.88 Å². The average molecular weight is 160 g/mol. The number of rotatable bonds is 0. The van der Waals surface area contributed by atoms with Gasteiger partial charge in [-0.15, -0.1) is 0 Å². The van der Waals surface area contributed by atoms with Crippen molar-refractivity contribution < 1.29 is 5.11 Å². The van der Waals surface area contributed by atoms with Crippen LogP contribution in [0, 0.1) is 6.92 Å². The highest BCUT2D eigenvalue weighted by molar-refractivity contribution is 5.86. The molecule has 0 atom stereocenters. The zero-order valence-corrected chi connectivity index (χ0v) is 7.16. The second-order valence-corrected chi connectivity index (χ2v) is 3.01. The van der Waals surface area contributed by atoms with Crippen molar-refractivity contribution in [3.63, 3.8) is 0 Å². The van der Waals surface area contributed by atoms with Crippen LogP contribution in [0.4, 0.5) is 0 Å². The molecule has 1 aromatic heterocycles. The molecule has 2 heteroatoms. The largest absolute Gasteiger partial charge is 0.860 e. The van der Waals surface area contributed by atoms with Crippen molar-refractivity contribution in [1.29, 1.82) is 0 Å². The van der Waals surface area contributed by atoms with Crippen molar-refractivity contribution in [2.75, 3.05) is 0 Å². The number of aryl methyl sites for hydroxylation is 2. The third kappa shape index (κ3) is 0.749. The normalized spacial score (nSPS) is 10.8. The van der Waals surface area contributed by atoms with Crippen LogP contribution in [-0.2, 0) is 7.05 Å². The highest BCUT2D eigenvalue weighted by Gasteiger charge is 2.02. The fourth-order valence-electron chi connectivity index (χ4n) is 1.56. The van der Waals surface area contributed by atoms with E-state index in [4.69, 9.17) is 0 Å². The summed E-state index contributed by atoms with van der Waals surface area (Å²) in [6, 6.07) is 7.84. The Bertz CT molecular complexity index is 390. The minimum Gasteiger partial charge on any atom is -0.860 e. The van der Waals surface area contributed by atoms with Crippen LogP contribution in [0.1, 0.15) is 5.56 Å². The molecule has 0 aliphatic heterocycles. The molecule has 0 unspecified atom stereocenters. The third-order valence-electron chi connectivity index (χ3n) is 2.29. The minimum absolute atomic E-state index is 0.108. The SMILES string of the molecule is Cc1c([O-])n(C)c2ccccc12. The van der Waals surface area contributed by atoms with Gasteiger partial charge in [-0.25, -0.2) is 0 Å². The van der Waals surface area contributed by atoms with E-state index in [0.29, 0.717) is 0 Å². The molecule has 0 spiro atoms. The highest BCUT2D eigenvalue weighted by Crippen LogP contribution is 2.26. The second kappa shape index (κ2) is 2.27. The molecular formula is C10H10NO-. The number of benzene rings is 1. The van der Waals surface area contributed by atoms with Gasteiger partial charge in [0, 0.05) is 18.0 Å². The fraction of sp³-hybridized carbons (Fsp3) is 0.200.